The number of H-pyrrole nitrogens is 1. The minimum atomic E-state index is -0.0138. The Balaban J connectivity index is 1.38. The summed E-state index contributed by atoms with van der Waals surface area (Å²) in [6.07, 6.45) is 11.4. The number of aromatic nitrogens is 2. The second kappa shape index (κ2) is 7.74. The van der Waals surface area contributed by atoms with Crippen LogP contribution < -0.4 is 5.32 Å². The van der Waals surface area contributed by atoms with Crippen LogP contribution in [0, 0.1) is 22.7 Å². The molecule has 2 fully saturated rings. The molecule has 2 heterocycles. The van der Waals surface area contributed by atoms with Crippen LogP contribution in [0.15, 0.2) is 54.6 Å². The van der Waals surface area contributed by atoms with Crippen LogP contribution in [0.4, 0.5) is 0 Å². The lowest BCUT2D eigenvalue weighted by atomic mass is 9.73. The van der Waals surface area contributed by atoms with Crippen LogP contribution in [0.1, 0.15) is 42.6 Å². The zero-order valence-electron chi connectivity index (χ0n) is 18.2. The molecule has 0 radical (unpaired) electrons. The predicted molar refractivity (Wildman–Crippen MR) is 133 cm³/mol. The molecule has 2 aliphatic carbocycles. The molecule has 166 valence electrons. The van der Waals surface area contributed by atoms with Crippen molar-refractivity contribution < 1.29 is 0 Å². The Kier molecular flexibility index (Phi) is 4.92. The molecule has 0 bridgehead atoms. The fourth-order valence-electron chi connectivity index (χ4n) is 6.24. The summed E-state index contributed by atoms with van der Waals surface area (Å²) < 4.78 is 0. The highest BCUT2D eigenvalue weighted by Crippen LogP contribution is 2.73. The highest BCUT2D eigenvalue weighted by molar-refractivity contribution is 6.42. The molecule has 6 rings (SSSR count). The highest BCUT2D eigenvalue weighted by Gasteiger charge is 2.71. The van der Waals surface area contributed by atoms with Gasteiger partial charge in [-0.15, -0.1) is 0 Å². The zero-order valence-corrected chi connectivity index (χ0v) is 19.7. The van der Waals surface area contributed by atoms with Gasteiger partial charge >= 0.3 is 0 Å². The van der Waals surface area contributed by atoms with Gasteiger partial charge in [0.2, 0.25) is 0 Å². The number of piperidine rings is 1. The van der Waals surface area contributed by atoms with Crippen LogP contribution in [0.5, 0.6) is 0 Å². The topological polar surface area (TPSA) is 64.5 Å². The van der Waals surface area contributed by atoms with E-state index in [2.05, 4.69) is 40.7 Å². The lowest BCUT2D eigenvalue weighted by Gasteiger charge is -2.34. The summed E-state index contributed by atoms with van der Waals surface area (Å²) in [6, 6.07) is 13.8. The molecule has 2 aromatic carbocycles. The average molecular weight is 475 g/mol. The van der Waals surface area contributed by atoms with Gasteiger partial charge in [-0.25, -0.2) is 4.98 Å². The van der Waals surface area contributed by atoms with Gasteiger partial charge < -0.3 is 10.3 Å². The maximum Gasteiger partial charge on any atom is 0.114 e. The number of nitrogens with one attached hydrogen (secondary N) is 2. The van der Waals surface area contributed by atoms with Crippen molar-refractivity contribution in [2.75, 3.05) is 13.1 Å². The molecule has 3 aromatic rings. The van der Waals surface area contributed by atoms with E-state index in [0.29, 0.717) is 21.5 Å². The van der Waals surface area contributed by atoms with Crippen molar-refractivity contribution in [3.05, 3.63) is 81.6 Å². The summed E-state index contributed by atoms with van der Waals surface area (Å²) in [6.45, 7) is 2.11. The number of allylic oxidation sites excluding steroid dienone is 4. The number of fused-ring (bicyclic) bond motifs is 1. The van der Waals surface area contributed by atoms with E-state index in [-0.39, 0.29) is 10.8 Å². The van der Waals surface area contributed by atoms with E-state index in [1.807, 2.05) is 30.3 Å². The number of benzene rings is 2. The molecule has 33 heavy (non-hydrogen) atoms. The minimum Gasteiger partial charge on any atom is -0.341 e. The van der Waals surface area contributed by atoms with Crippen molar-refractivity contribution in [2.24, 2.45) is 11.3 Å². The van der Waals surface area contributed by atoms with Gasteiger partial charge in [-0.3, -0.25) is 0 Å². The Hall–Kier alpha value is -2.58. The fraction of sp³-hybridized carbons (Fsp3) is 0.333. The Morgan fingerprint density at radius 2 is 1.91 bits per heavy atom. The Bertz CT molecular complexity index is 1320. The second-order valence-corrected chi connectivity index (χ2v) is 10.4. The molecule has 1 aliphatic heterocycles. The number of nitrogens with zero attached hydrogens (tertiary/aromatic N) is 2. The van der Waals surface area contributed by atoms with Gasteiger partial charge in [0.15, 0.2) is 0 Å². The Morgan fingerprint density at radius 1 is 1.09 bits per heavy atom. The summed E-state index contributed by atoms with van der Waals surface area (Å²) >= 11 is 12.6. The first kappa shape index (κ1) is 21.0. The monoisotopic (exact) mass is 474 g/mol. The van der Waals surface area contributed by atoms with Gasteiger partial charge in [-0.2, -0.15) is 5.26 Å². The third-order valence-electron chi connectivity index (χ3n) is 8.00. The molecule has 6 heteroatoms. The number of nitriles is 1. The van der Waals surface area contributed by atoms with Gasteiger partial charge in [-0.05, 0) is 85.5 Å². The van der Waals surface area contributed by atoms with E-state index in [1.165, 1.54) is 5.57 Å². The van der Waals surface area contributed by atoms with Gasteiger partial charge in [0.1, 0.15) is 5.82 Å². The third-order valence-corrected chi connectivity index (χ3v) is 8.73. The molecular formula is C27H24Cl2N4. The Morgan fingerprint density at radius 3 is 2.67 bits per heavy atom. The van der Waals surface area contributed by atoms with Crippen LogP contribution in [0.25, 0.3) is 16.6 Å². The zero-order chi connectivity index (χ0) is 22.6. The summed E-state index contributed by atoms with van der Waals surface area (Å²) in [4.78, 5) is 8.69. The first-order valence-electron chi connectivity index (χ1n) is 11.5. The van der Waals surface area contributed by atoms with Gasteiger partial charge in [0.25, 0.3) is 0 Å². The first-order chi connectivity index (χ1) is 16.0. The van der Waals surface area contributed by atoms with Crippen molar-refractivity contribution >= 4 is 39.8 Å². The quantitative estimate of drug-likeness (QED) is 0.460. The number of hydrogen-bond donors (Lipinski definition) is 2. The van der Waals surface area contributed by atoms with Crippen molar-refractivity contribution in [3.63, 3.8) is 0 Å². The molecule has 1 saturated heterocycles. The summed E-state index contributed by atoms with van der Waals surface area (Å²) in [5.41, 5.74) is 5.04. The predicted octanol–water partition coefficient (Wildman–Crippen LogP) is 6.41. The van der Waals surface area contributed by atoms with Gasteiger partial charge in [-0.1, -0.05) is 53.6 Å². The molecule has 1 spiro atoms. The van der Waals surface area contributed by atoms with Crippen molar-refractivity contribution in [1.29, 1.82) is 5.26 Å². The number of rotatable bonds is 3. The maximum atomic E-state index is 9.26. The smallest absolute Gasteiger partial charge is 0.114 e. The second-order valence-electron chi connectivity index (χ2n) is 9.60. The standard InChI is InChI=1S/C27H24Cl2N4/c28-21-13-23-24(14-22(21)29)33-25(32-23)27(16-26(27)8-10-31-11-9-26)20-6-4-18(5-7-20)19-3-1-2-17(12-19)15-30/h1-6,12-14,20,31H,7-11,16H2,(H,32,33). The molecule has 1 saturated carbocycles. The first-order valence-corrected chi connectivity index (χ1v) is 12.3. The number of hydrogen-bond acceptors (Lipinski definition) is 3. The lowest BCUT2D eigenvalue weighted by Crippen LogP contribution is -2.36. The minimum absolute atomic E-state index is 0.0138. The molecule has 0 amide bonds. The van der Waals surface area contributed by atoms with E-state index in [9.17, 15) is 5.26 Å². The van der Waals surface area contributed by atoms with Crippen LogP contribution >= 0.6 is 23.2 Å². The third kappa shape index (κ3) is 3.26. The summed E-state index contributed by atoms with van der Waals surface area (Å²) in [7, 11) is 0. The molecule has 2 atom stereocenters. The normalized spacial score (nSPS) is 25.7. The molecule has 3 aliphatic rings. The number of halogens is 2. The number of aromatic amines is 1. The van der Waals surface area contributed by atoms with E-state index in [1.54, 1.807) is 0 Å². The largest absolute Gasteiger partial charge is 0.341 e. The van der Waals surface area contributed by atoms with Gasteiger partial charge in [0, 0.05) is 5.41 Å². The summed E-state index contributed by atoms with van der Waals surface area (Å²) in [5.74, 6) is 1.43. The highest BCUT2D eigenvalue weighted by atomic mass is 35.5. The molecule has 4 nitrogen and oxygen atoms in total. The SMILES string of the molecule is N#Cc1cccc(C2=CCC(C3(c4nc5cc(Cl)c(Cl)cc5[nH]4)CC34CCNCC4)C=C2)c1. The van der Waals surface area contributed by atoms with Crippen LogP contribution in [0.3, 0.4) is 0 Å². The van der Waals surface area contributed by atoms with Crippen molar-refractivity contribution in [2.45, 2.75) is 31.1 Å². The fourth-order valence-corrected chi connectivity index (χ4v) is 6.56. The van der Waals surface area contributed by atoms with Crippen molar-refractivity contribution in [1.82, 2.24) is 15.3 Å². The van der Waals surface area contributed by atoms with Crippen LogP contribution in [0.2, 0.25) is 10.0 Å². The van der Waals surface area contributed by atoms with E-state index in [4.69, 9.17) is 28.2 Å². The average Bonchev–Trinajstić information content (AvgIpc) is 3.29. The molecule has 1 aromatic heterocycles. The lowest BCUT2D eigenvalue weighted by molar-refractivity contribution is 0.264. The van der Waals surface area contributed by atoms with E-state index < -0.39 is 0 Å². The van der Waals surface area contributed by atoms with E-state index in [0.717, 1.165) is 61.2 Å². The number of imidazole rings is 1. The van der Waals surface area contributed by atoms with Gasteiger partial charge in [0.05, 0.1) is 32.7 Å². The molecule has 2 unspecified atom stereocenters. The molecule has 2 N–H and O–H groups in total. The Labute approximate surface area is 203 Å². The van der Waals surface area contributed by atoms with E-state index >= 15 is 0 Å². The van der Waals surface area contributed by atoms with Crippen LogP contribution in [-0.2, 0) is 5.41 Å². The molecular weight excluding hydrogens is 451 g/mol. The summed E-state index contributed by atoms with van der Waals surface area (Å²) in [5, 5.41) is 13.9. The maximum absolute atomic E-state index is 9.26. The van der Waals surface area contributed by atoms with Crippen molar-refractivity contribution in [3.8, 4) is 6.07 Å². The van der Waals surface area contributed by atoms with Crippen LogP contribution in [-0.4, -0.2) is 23.1 Å².